The standard InChI is InChI=1S/C3H9NO2S/c4-3(7,1-5)2-6/h5-7H,1-2,4H2. The average Bonchev–Trinajstić information content (AvgIpc) is 1.68. The fourth-order valence-electron chi connectivity index (χ4n) is 0.0500. The number of nitrogens with two attached hydrogens (primary N) is 1. The van der Waals surface area contributed by atoms with Crippen LogP contribution in [0.1, 0.15) is 0 Å². The minimum absolute atomic E-state index is 0.313. The van der Waals surface area contributed by atoms with Crippen molar-refractivity contribution in [2.24, 2.45) is 5.73 Å². The van der Waals surface area contributed by atoms with E-state index in [2.05, 4.69) is 12.6 Å². The van der Waals surface area contributed by atoms with Crippen LogP contribution in [0.5, 0.6) is 0 Å². The maximum Gasteiger partial charge on any atom is 0.106 e. The maximum absolute atomic E-state index is 8.23. The van der Waals surface area contributed by atoms with Crippen molar-refractivity contribution in [3.05, 3.63) is 0 Å². The smallest absolute Gasteiger partial charge is 0.106 e. The van der Waals surface area contributed by atoms with E-state index in [-0.39, 0.29) is 13.2 Å². The van der Waals surface area contributed by atoms with Gasteiger partial charge in [-0.3, -0.25) is 0 Å². The summed E-state index contributed by atoms with van der Waals surface area (Å²) >= 11 is 3.66. The Kier molecular flexibility index (Phi) is 2.60. The van der Waals surface area contributed by atoms with Crippen LogP contribution in [0.25, 0.3) is 0 Å². The first-order chi connectivity index (χ1) is 3.12. The van der Waals surface area contributed by atoms with Gasteiger partial charge in [-0.15, -0.1) is 0 Å². The fourth-order valence-corrected chi connectivity index (χ4v) is 0.0500. The van der Waals surface area contributed by atoms with Gasteiger partial charge in [0, 0.05) is 0 Å². The van der Waals surface area contributed by atoms with Gasteiger partial charge in [0.1, 0.15) is 4.87 Å². The summed E-state index contributed by atoms with van der Waals surface area (Å²) in [5, 5.41) is 16.5. The summed E-state index contributed by atoms with van der Waals surface area (Å²) in [4.78, 5) is -1.11. The quantitative estimate of drug-likeness (QED) is 0.268. The molecule has 0 saturated heterocycles. The minimum Gasteiger partial charge on any atom is -0.393 e. The van der Waals surface area contributed by atoms with Crippen molar-refractivity contribution in [2.75, 3.05) is 13.2 Å². The Morgan fingerprint density at radius 1 is 1.43 bits per heavy atom. The molecule has 0 fully saturated rings. The van der Waals surface area contributed by atoms with E-state index in [4.69, 9.17) is 15.9 Å². The fraction of sp³-hybridized carbons (Fsp3) is 1.00. The van der Waals surface area contributed by atoms with Crippen molar-refractivity contribution < 1.29 is 10.2 Å². The average molecular weight is 123 g/mol. The van der Waals surface area contributed by atoms with E-state index in [1.54, 1.807) is 0 Å². The Hall–Kier alpha value is 0.230. The van der Waals surface area contributed by atoms with Crippen molar-refractivity contribution >= 4 is 12.6 Å². The molecule has 0 saturated carbocycles. The third-order valence-electron chi connectivity index (χ3n) is 0.548. The summed E-state index contributed by atoms with van der Waals surface area (Å²) in [6, 6.07) is 0. The van der Waals surface area contributed by atoms with E-state index < -0.39 is 4.87 Å². The zero-order chi connectivity index (χ0) is 5.91. The lowest BCUT2D eigenvalue weighted by Crippen LogP contribution is -2.41. The van der Waals surface area contributed by atoms with Gasteiger partial charge >= 0.3 is 0 Å². The molecule has 3 nitrogen and oxygen atoms in total. The molecule has 4 heteroatoms. The highest BCUT2D eigenvalue weighted by atomic mass is 32.1. The molecule has 0 heterocycles. The van der Waals surface area contributed by atoms with Crippen LogP contribution in [0.15, 0.2) is 0 Å². The Labute approximate surface area is 47.6 Å². The Balaban J connectivity index is 3.36. The SMILES string of the molecule is NC(S)(CO)CO. The first-order valence-corrected chi connectivity index (χ1v) is 2.30. The third kappa shape index (κ3) is 2.87. The van der Waals surface area contributed by atoms with Gasteiger partial charge < -0.3 is 15.9 Å². The van der Waals surface area contributed by atoms with Crippen LogP contribution in [0.2, 0.25) is 0 Å². The van der Waals surface area contributed by atoms with Crippen molar-refractivity contribution in [1.29, 1.82) is 0 Å². The number of thiol groups is 1. The molecule has 0 rings (SSSR count). The van der Waals surface area contributed by atoms with Gasteiger partial charge in [-0.1, -0.05) is 0 Å². The Morgan fingerprint density at radius 2 is 1.71 bits per heavy atom. The van der Waals surface area contributed by atoms with Gasteiger partial charge in [0.05, 0.1) is 13.2 Å². The first kappa shape index (κ1) is 7.23. The Morgan fingerprint density at radius 3 is 1.71 bits per heavy atom. The summed E-state index contributed by atoms with van der Waals surface area (Å²) in [5.41, 5.74) is 5.08. The minimum atomic E-state index is -1.11. The van der Waals surface area contributed by atoms with Gasteiger partial charge in [0.2, 0.25) is 0 Å². The van der Waals surface area contributed by atoms with Crippen LogP contribution in [0.4, 0.5) is 0 Å². The lowest BCUT2D eigenvalue weighted by Gasteiger charge is -2.15. The largest absolute Gasteiger partial charge is 0.393 e. The highest BCUT2D eigenvalue weighted by Gasteiger charge is 2.14. The van der Waals surface area contributed by atoms with Crippen molar-refractivity contribution in [3.63, 3.8) is 0 Å². The molecular weight excluding hydrogens is 114 g/mol. The van der Waals surface area contributed by atoms with E-state index in [9.17, 15) is 0 Å². The molecular formula is C3H9NO2S. The zero-order valence-electron chi connectivity index (χ0n) is 3.83. The Bertz CT molecular complexity index is 50.9. The van der Waals surface area contributed by atoms with Crippen LogP contribution in [0.3, 0.4) is 0 Å². The zero-order valence-corrected chi connectivity index (χ0v) is 4.73. The van der Waals surface area contributed by atoms with Crippen LogP contribution in [-0.2, 0) is 0 Å². The molecule has 0 aliphatic rings. The topological polar surface area (TPSA) is 66.5 Å². The maximum atomic E-state index is 8.23. The van der Waals surface area contributed by atoms with Crippen molar-refractivity contribution in [2.45, 2.75) is 4.87 Å². The highest BCUT2D eigenvalue weighted by molar-refractivity contribution is 7.81. The predicted octanol–water partition coefficient (Wildman–Crippen LogP) is -1.44. The second kappa shape index (κ2) is 2.52. The van der Waals surface area contributed by atoms with Crippen LogP contribution < -0.4 is 5.73 Å². The van der Waals surface area contributed by atoms with Crippen LogP contribution in [0, 0.1) is 0 Å². The van der Waals surface area contributed by atoms with Crippen molar-refractivity contribution in [1.82, 2.24) is 0 Å². The molecule has 0 atom stereocenters. The summed E-state index contributed by atoms with van der Waals surface area (Å²) in [5.74, 6) is 0. The molecule has 0 spiro atoms. The molecule has 0 amide bonds. The van der Waals surface area contributed by atoms with Gasteiger partial charge in [-0.25, -0.2) is 0 Å². The van der Waals surface area contributed by atoms with E-state index in [1.165, 1.54) is 0 Å². The second-order valence-corrected chi connectivity index (χ2v) is 2.31. The summed E-state index contributed by atoms with van der Waals surface area (Å²) in [7, 11) is 0. The second-order valence-electron chi connectivity index (χ2n) is 1.42. The number of hydrogen-bond acceptors (Lipinski definition) is 4. The molecule has 0 aromatic heterocycles. The van der Waals surface area contributed by atoms with Gasteiger partial charge in [-0.05, 0) is 0 Å². The third-order valence-corrected chi connectivity index (χ3v) is 0.830. The van der Waals surface area contributed by atoms with E-state index >= 15 is 0 Å². The molecule has 0 aliphatic heterocycles. The molecule has 0 aromatic rings. The molecule has 7 heavy (non-hydrogen) atoms. The van der Waals surface area contributed by atoms with Gasteiger partial charge in [0.25, 0.3) is 0 Å². The summed E-state index contributed by atoms with van der Waals surface area (Å²) in [6.45, 7) is -0.626. The first-order valence-electron chi connectivity index (χ1n) is 1.85. The van der Waals surface area contributed by atoms with Gasteiger partial charge in [-0.2, -0.15) is 12.6 Å². The van der Waals surface area contributed by atoms with Crippen LogP contribution in [-0.4, -0.2) is 28.3 Å². The highest BCUT2D eigenvalue weighted by Crippen LogP contribution is 2.00. The molecule has 0 bridgehead atoms. The molecule has 0 aliphatic carbocycles. The lowest BCUT2D eigenvalue weighted by molar-refractivity contribution is 0.177. The molecule has 44 valence electrons. The molecule has 0 aromatic carbocycles. The molecule has 0 radical (unpaired) electrons. The van der Waals surface area contributed by atoms with E-state index in [0.29, 0.717) is 0 Å². The summed E-state index contributed by atoms with van der Waals surface area (Å²) in [6.07, 6.45) is 0. The van der Waals surface area contributed by atoms with E-state index in [1.807, 2.05) is 0 Å². The lowest BCUT2D eigenvalue weighted by atomic mass is 10.3. The van der Waals surface area contributed by atoms with E-state index in [0.717, 1.165) is 0 Å². The molecule has 4 N–H and O–H groups in total. The number of aliphatic hydroxyl groups excluding tert-OH is 2. The number of hydrogen-bond donors (Lipinski definition) is 4. The van der Waals surface area contributed by atoms with Crippen molar-refractivity contribution in [3.8, 4) is 0 Å². The number of rotatable bonds is 2. The molecule has 0 unspecified atom stereocenters. The van der Waals surface area contributed by atoms with Crippen LogP contribution >= 0.6 is 12.6 Å². The normalized spacial score (nSPS) is 12.0. The monoisotopic (exact) mass is 123 g/mol. The predicted molar refractivity (Wildman–Crippen MR) is 30.1 cm³/mol. The summed E-state index contributed by atoms with van der Waals surface area (Å²) < 4.78 is 0. The number of aliphatic hydroxyl groups is 2. The van der Waals surface area contributed by atoms with Gasteiger partial charge in [0.15, 0.2) is 0 Å².